The van der Waals surface area contributed by atoms with Gasteiger partial charge in [-0.05, 0) is 44.5 Å². The summed E-state index contributed by atoms with van der Waals surface area (Å²) in [5.74, 6) is 1.23. The van der Waals surface area contributed by atoms with Crippen LogP contribution in [0.3, 0.4) is 0 Å². The monoisotopic (exact) mass is 280 g/mol. The highest BCUT2D eigenvalue weighted by Crippen LogP contribution is 2.22. The van der Waals surface area contributed by atoms with E-state index in [1.54, 1.807) is 0 Å². The fraction of sp³-hybridized carbons (Fsp3) is 0.625. The molecule has 1 aromatic rings. The second kappa shape index (κ2) is 9.40. The van der Waals surface area contributed by atoms with Crippen molar-refractivity contribution in [2.45, 2.75) is 32.4 Å². The summed E-state index contributed by atoms with van der Waals surface area (Å²) in [5, 5.41) is 3.49. The third-order valence-electron chi connectivity index (χ3n) is 3.70. The Morgan fingerprint density at radius 1 is 1.26 bits per heavy atom. The van der Waals surface area contributed by atoms with E-state index in [4.69, 9.17) is 0 Å². The molecule has 1 aromatic carbocycles. The zero-order chi connectivity index (χ0) is 14.1. The molecule has 1 rings (SSSR count). The molecule has 2 atom stereocenters. The van der Waals surface area contributed by atoms with Gasteiger partial charge in [-0.1, -0.05) is 37.3 Å². The number of nitrogens with one attached hydrogen (secondary N) is 1. The normalized spacial score (nSPS) is 14.6. The van der Waals surface area contributed by atoms with Crippen molar-refractivity contribution in [2.24, 2.45) is 0 Å². The lowest BCUT2D eigenvalue weighted by molar-refractivity contribution is 0.178. The van der Waals surface area contributed by atoms with Gasteiger partial charge < -0.3 is 5.32 Å². The van der Waals surface area contributed by atoms with Gasteiger partial charge in [0, 0.05) is 18.6 Å². The number of likely N-dealkylation sites (N-methyl/N-ethyl adjacent to an activating group) is 2. The summed E-state index contributed by atoms with van der Waals surface area (Å²) in [7, 11) is 2.25. The third-order valence-corrected chi connectivity index (χ3v) is 4.34. The molecule has 1 N–H and O–H groups in total. The SMILES string of the molecule is CCNCC(c1ccccc1)N(C)C(C)CCSC. The first-order valence-corrected chi connectivity index (χ1v) is 8.56. The van der Waals surface area contributed by atoms with Crippen molar-refractivity contribution in [1.29, 1.82) is 0 Å². The van der Waals surface area contributed by atoms with Crippen molar-refractivity contribution in [3.8, 4) is 0 Å². The fourth-order valence-electron chi connectivity index (χ4n) is 2.25. The highest BCUT2D eigenvalue weighted by Gasteiger charge is 2.20. The maximum absolute atomic E-state index is 3.49. The van der Waals surface area contributed by atoms with Gasteiger partial charge in [-0.3, -0.25) is 4.90 Å². The van der Waals surface area contributed by atoms with Gasteiger partial charge in [-0.15, -0.1) is 0 Å². The molecule has 0 saturated heterocycles. The Morgan fingerprint density at radius 2 is 1.95 bits per heavy atom. The van der Waals surface area contributed by atoms with Gasteiger partial charge >= 0.3 is 0 Å². The lowest BCUT2D eigenvalue weighted by Crippen LogP contribution is -2.39. The molecule has 3 heteroatoms. The first-order valence-electron chi connectivity index (χ1n) is 7.17. The molecule has 0 aliphatic rings. The number of nitrogens with zero attached hydrogens (tertiary/aromatic N) is 1. The summed E-state index contributed by atoms with van der Waals surface area (Å²) in [6.07, 6.45) is 3.42. The standard InChI is InChI=1S/C16H28N2S/c1-5-17-13-16(15-9-7-6-8-10-15)18(3)14(2)11-12-19-4/h6-10,14,16-17H,5,11-13H2,1-4H3. The lowest BCUT2D eigenvalue weighted by Gasteiger charge is -2.34. The molecule has 0 bridgehead atoms. The average Bonchev–Trinajstić information content (AvgIpc) is 2.46. The highest BCUT2D eigenvalue weighted by molar-refractivity contribution is 7.98. The quantitative estimate of drug-likeness (QED) is 0.746. The van der Waals surface area contributed by atoms with E-state index in [0.717, 1.165) is 13.1 Å². The van der Waals surface area contributed by atoms with E-state index in [-0.39, 0.29) is 0 Å². The van der Waals surface area contributed by atoms with E-state index in [2.05, 4.69) is 67.7 Å². The Balaban J connectivity index is 2.72. The molecule has 2 nitrogen and oxygen atoms in total. The maximum atomic E-state index is 3.49. The minimum absolute atomic E-state index is 0.456. The molecule has 0 spiro atoms. The van der Waals surface area contributed by atoms with Crippen molar-refractivity contribution in [3.63, 3.8) is 0 Å². The van der Waals surface area contributed by atoms with Gasteiger partial charge in [0.05, 0.1) is 0 Å². The van der Waals surface area contributed by atoms with Crippen molar-refractivity contribution in [1.82, 2.24) is 10.2 Å². The molecular formula is C16H28N2S. The van der Waals surface area contributed by atoms with Crippen LogP contribution in [0.2, 0.25) is 0 Å². The second-order valence-corrected chi connectivity index (χ2v) is 6.02. The van der Waals surface area contributed by atoms with Crippen molar-refractivity contribution < 1.29 is 0 Å². The van der Waals surface area contributed by atoms with Crippen LogP contribution in [0, 0.1) is 0 Å². The summed E-state index contributed by atoms with van der Waals surface area (Å²) in [6.45, 7) is 6.54. The Hall–Kier alpha value is -0.510. The lowest BCUT2D eigenvalue weighted by atomic mass is 10.0. The minimum atomic E-state index is 0.456. The average molecular weight is 280 g/mol. The molecule has 0 radical (unpaired) electrons. The third kappa shape index (κ3) is 5.55. The van der Waals surface area contributed by atoms with Crippen LogP contribution in [-0.2, 0) is 0 Å². The van der Waals surface area contributed by atoms with Crippen LogP contribution in [0.4, 0.5) is 0 Å². The van der Waals surface area contributed by atoms with E-state index in [0.29, 0.717) is 12.1 Å². The molecule has 0 amide bonds. The van der Waals surface area contributed by atoms with Crippen molar-refractivity contribution >= 4 is 11.8 Å². The van der Waals surface area contributed by atoms with Crippen LogP contribution < -0.4 is 5.32 Å². The first-order chi connectivity index (χ1) is 9.20. The second-order valence-electron chi connectivity index (χ2n) is 5.03. The molecule has 0 aromatic heterocycles. The number of rotatable bonds is 9. The van der Waals surface area contributed by atoms with Crippen molar-refractivity contribution in [2.75, 3.05) is 32.1 Å². The topological polar surface area (TPSA) is 15.3 Å². The molecular weight excluding hydrogens is 252 g/mol. The molecule has 19 heavy (non-hydrogen) atoms. The summed E-state index contributed by atoms with van der Waals surface area (Å²) in [4.78, 5) is 2.51. The van der Waals surface area contributed by atoms with E-state index in [1.807, 2.05) is 11.8 Å². The first kappa shape index (κ1) is 16.5. The summed E-state index contributed by atoms with van der Waals surface area (Å²) in [6, 6.07) is 11.9. The predicted molar refractivity (Wildman–Crippen MR) is 88.0 cm³/mol. The van der Waals surface area contributed by atoms with Gasteiger partial charge in [0.25, 0.3) is 0 Å². The van der Waals surface area contributed by atoms with E-state index in [9.17, 15) is 0 Å². The summed E-state index contributed by atoms with van der Waals surface area (Å²) >= 11 is 1.93. The zero-order valence-electron chi connectivity index (χ0n) is 12.7. The summed E-state index contributed by atoms with van der Waals surface area (Å²) < 4.78 is 0. The number of benzene rings is 1. The largest absolute Gasteiger partial charge is 0.315 e. The molecule has 0 fully saturated rings. The zero-order valence-corrected chi connectivity index (χ0v) is 13.5. The molecule has 0 aliphatic heterocycles. The Labute approximate surface area is 123 Å². The van der Waals surface area contributed by atoms with Crippen LogP contribution in [0.15, 0.2) is 30.3 Å². The van der Waals surface area contributed by atoms with Crippen LogP contribution >= 0.6 is 11.8 Å². The molecule has 0 saturated carbocycles. The molecule has 0 heterocycles. The molecule has 2 unspecified atom stereocenters. The van der Waals surface area contributed by atoms with Gasteiger partial charge in [0.1, 0.15) is 0 Å². The van der Waals surface area contributed by atoms with Gasteiger partial charge in [0.15, 0.2) is 0 Å². The van der Waals surface area contributed by atoms with E-state index in [1.165, 1.54) is 17.7 Å². The Bertz CT molecular complexity index is 329. The minimum Gasteiger partial charge on any atom is -0.315 e. The van der Waals surface area contributed by atoms with Crippen LogP contribution in [0.1, 0.15) is 31.9 Å². The fourth-order valence-corrected chi connectivity index (χ4v) is 2.83. The van der Waals surface area contributed by atoms with Gasteiger partial charge in [0.2, 0.25) is 0 Å². The van der Waals surface area contributed by atoms with Crippen LogP contribution in [0.5, 0.6) is 0 Å². The van der Waals surface area contributed by atoms with Crippen LogP contribution in [0.25, 0.3) is 0 Å². The van der Waals surface area contributed by atoms with Gasteiger partial charge in [-0.25, -0.2) is 0 Å². The number of hydrogen-bond donors (Lipinski definition) is 1. The smallest absolute Gasteiger partial charge is 0.0472 e. The Morgan fingerprint density at radius 3 is 2.53 bits per heavy atom. The predicted octanol–water partition coefficient (Wildman–Crippen LogP) is 3.41. The van der Waals surface area contributed by atoms with E-state index < -0.39 is 0 Å². The maximum Gasteiger partial charge on any atom is 0.0472 e. The number of thioether (sulfide) groups is 1. The highest BCUT2D eigenvalue weighted by atomic mass is 32.2. The number of hydrogen-bond acceptors (Lipinski definition) is 3. The Kier molecular flexibility index (Phi) is 8.19. The van der Waals surface area contributed by atoms with Crippen molar-refractivity contribution in [3.05, 3.63) is 35.9 Å². The molecule has 0 aliphatic carbocycles. The van der Waals surface area contributed by atoms with Crippen LogP contribution in [-0.4, -0.2) is 43.1 Å². The molecule has 108 valence electrons. The van der Waals surface area contributed by atoms with Gasteiger partial charge in [-0.2, -0.15) is 11.8 Å². The van der Waals surface area contributed by atoms with E-state index >= 15 is 0 Å². The summed E-state index contributed by atoms with van der Waals surface area (Å²) in [5.41, 5.74) is 1.40.